The highest BCUT2D eigenvalue weighted by Crippen LogP contribution is 2.31. The van der Waals surface area contributed by atoms with Gasteiger partial charge in [0.05, 0.1) is 11.4 Å². The van der Waals surface area contributed by atoms with Crippen molar-refractivity contribution in [1.82, 2.24) is 29.7 Å². The van der Waals surface area contributed by atoms with E-state index in [2.05, 4.69) is 58.8 Å². The van der Waals surface area contributed by atoms with Crippen LogP contribution in [0.2, 0.25) is 0 Å². The van der Waals surface area contributed by atoms with Crippen LogP contribution in [0.3, 0.4) is 0 Å². The number of amides is 2. The average Bonchev–Trinajstić information content (AvgIpc) is 3.06. The van der Waals surface area contributed by atoms with E-state index in [9.17, 15) is 14.9 Å². The van der Waals surface area contributed by atoms with Gasteiger partial charge in [0, 0.05) is 68.6 Å². The molecule has 1 aliphatic heterocycles. The molecule has 256 valence electrons. The van der Waals surface area contributed by atoms with Gasteiger partial charge in [-0.3, -0.25) is 24.4 Å². The van der Waals surface area contributed by atoms with Crippen LogP contribution in [0.15, 0.2) is 42.5 Å². The van der Waals surface area contributed by atoms with E-state index in [0.717, 1.165) is 45.0 Å². The molecule has 48 heavy (non-hydrogen) atoms. The number of pyridine rings is 1. The Morgan fingerprint density at radius 2 is 1.69 bits per heavy atom. The first-order valence-corrected chi connectivity index (χ1v) is 17.3. The Bertz CT molecular complexity index is 1570. The number of aryl methyl sites for hydroxylation is 1. The van der Waals surface area contributed by atoms with Gasteiger partial charge in [0.1, 0.15) is 28.5 Å². The zero-order chi connectivity index (χ0) is 34.8. The molecule has 1 atom stereocenters. The summed E-state index contributed by atoms with van der Waals surface area (Å²) in [7, 11) is 0. The fraction of sp³-hybridized carbons (Fsp3) is 0.500. The molecule has 3 aromatic rings. The van der Waals surface area contributed by atoms with Crippen LogP contribution in [0.4, 0.5) is 11.5 Å². The van der Waals surface area contributed by atoms with E-state index >= 15 is 0 Å². The molecule has 1 unspecified atom stereocenters. The predicted molar refractivity (Wildman–Crippen MR) is 194 cm³/mol. The Labute approximate surface area is 290 Å². The zero-order valence-corrected chi connectivity index (χ0v) is 29.7. The monoisotopic (exact) mass is 671 g/mol. The second-order valence-electron chi connectivity index (χ2n) is 12.9. The van der Waals surface area contributed by atoms with Crippen LogP contribution in [0, 0.1) is 11.3 Å². The van der Waals surface area contributed by atoms with Gasteiger partial charge in [0.15, 0.2) is 0 Å². The number of nitriles is 1. The number of rotatable bonds is 14. The molecule has 1 aliphatic rings. The summed E-state index contributed by atoms with van der Waals surface area (Å²) >= 11 is 4.78. The highest BCUT2D eigenvalue weighted by Gasteiger charge is 2.23. The molecule has 1 aromatic carbocycles. The predicted octanol–water partition coefficient (Wildman–Crippen LogP) is 4.95. The van der Waals surface area contributed by atoms with Gasteiger partial charge in [-0.15, -0.1) is 0 Å². The van der Waals surface area contributed by atoms with Crippen LogP contribution >= 0.6 is 12.6 Å². The summed E-state index contributed by atoms with van der Waals surface area (Å²) in [6.07, 6.45) is 3.26. The number of nitrogens with zero attached hydrogens (tertiary/aromatic N) is 7. The first kappa shape index (κ1) is 36.8. The minimum atomic E-state index is -0.611. The van der Waals surface area contributed by atoms with Crippen LogP contribution in [0.1, 0.15) is 81.9 Å². The Balaban J connectivity index is 1.32. The Hall–Kier alpha value is -4.05. The standard InChI is InChI=1S/C36H49N9O2S/c1-24(2)45(25(3)4)18-7-6-17-43-19-21-44(22-20-43)32(47)16-15-28-9-8-10-31(40-28)34(48)36-41-33(30(23-37)35(38)42-36)27-11-13-29(14-12-27)39-26(5)46/h8-14,24-25,34,48H,6-7,15-22H2,1-5H3,(H,39,46)(H2,38,41,42). The highest BCUT2D eigenvalue weighted by molar-refractivity contribution is 7.80. The Morgan fingerprint density at radius 3 is 2.31 bits per heavy atom. The summed E-state index contributed by atoms with van der Waals surface area (Å²) in [4.78, 5) is 45.3. The second kappa shape index (κ2) is 17.4. The molecule has 1 saturated heterocycles. The van der Waals surface area contributed by atoms with Gasteiger partial charge in [-0.05, 0) is 84.3 Å². The maximum absolute atomic E-state index is 13.1. The van der Waals surface area contributed by atoms with E-state index in [1.54, 1.807) is 24.3 Å². The molecule has 1 fully saturated rings. The SMILES string of the molecule is CC(=O)Nc1ccc(-c2nc(C(S)c3cccc(CCC(=O)N4CCN(CCCCN(C(C)C)C(C)C)CC4)n3)nc(N)c2C#N)cc1. The summed E-state index contributed by atoms with van der Waals surface area (Å²) in [5.74, 6) is 0.326. The summed E-state index contributed by atoms with van der Waals surface area (Å²) in [5.41, 5.74) is 9.42. The van der Waals surface area contributed by atoms with Crippen LogP contribution < -0.4 is 11.1 Å². The van der Waals surface area contributed by atoms with Crippen LogP contribution in [0.25, 0.3) is 11.3 Å². The molecule has 3 heterocycles. The minimum Gasteiger partial charge on any atom is -0.382 e. The number of benzene rings is 1. The van der Waals surface area contributed by atoms with Gasteiger partial charge in [0.25, 0.3) is 0 Å². The third-order valence-electron chi connectivity index (χ3n) is 8.69. The normalized spacial score (nSPS) is 14.4. The number of nitrogen functional groups attached to an aromatic ring is 1. The van der Waals surface area contributed by atoms with Crippen molar-refractivity contribution >= 4 is 35.9 Å². The van der Waals surface area contributed by atoms with E-state index in [1.165, 1.54) is 19.8 Å². The molecular formula is C36H49N9O2S. The van der Waals surface area contributed by atoms with Crippen LogP contribution in [-0.2, 0) is 16.0 Å². The third-order valence-corrected chi connectivity index (χ3v) is 9.18. The lowest BCUT2D eigenvalue weighted by molar-refractivity contribution is -0.132. The number of carbonyl (C=O) groups is 2. The van der Waals surface area contributed by atoms with Crippen molar-refractivity contribution < 1.29 is 9.59 Å². The number of piperazine rings is 1. The number of nitrogens with two attached hydrogens (primary N) is 1. The number of nitrogens with one attached hydrogen (secondary N) is 1. The fourth-order valence-electron chi connectivity index (χ4n) is 6.13. The number of anilines is 2. The van der Waals surface area contributed by atoms with E-state index in [4.69, 9.17) is 23.3 Å². The quantitative estimate of drug-likeness (QED) is 0.160. The molecule has 0 bridgehead atoms. The number of hydrogen-bond donors (Lipinski definition) is 3. The molecule has 0 aliphatic carbocycles. The summed E-state index contributed by atoms with van der Waals surface area (Å²) in [5, 5.41) is 11.9. The lowest BCUT2D eigenvalue weighted by Crippen LogP contribution is -2.49. The number of aromatic nitrogens is 3. The molecule has 0 saturated carbocycles. The van der Waals surface area contributed by atoms with E-state index in [1.807, 2.05) is 23.1 Å². The topological polar surface area (TPSA) is 144 Å². The fourth-order valence-corrected chi connectivity index (χ4v) is 6.39. The zero-order valence-electron chi connectivity index (χ0n) is 28.8. The number of hydrogen-bond acceptors (Lipinski definition) is 10. The number of unbranched alkanes of at least 4 members (excludes halogenated alkanes) is 1. The van der Waals surface area contributed by atoms with Crippen molar-refractivity contribution in [2.45, 2.75) is 77.6 Å². The average molecular weight is 672 g/mol. The van der Waals surface area contributed by atoms with Crippen molar-refractivity contribution in [3.8, 4) is 17.3 Å². The van der Waals surface area contributed by atoms with Gasteiger partial charge in [0.2, 0.25) is 11.8 Å². The molecule has 0 spiro atoms. The highest BCUT2D eigenvalue weighted by atomic mass is 32.1. The van der Waals surface area contributed by atoms with Gasteiger partial charge >= 0.3 is 0 Å². The lowest BCUT2D eigenvalue weighted by atomic mass is 10.1. The van der Waals surface area contributed by atoms with Gasteiger partial charge in [-0.2, -0.15) is 17.9 Å². The number of thiol groups is 1. The molecule has 11 nitrogen and oxygen atoms in total. The summed E-state index contributed by atoms with van der Waals surface area (Å²) < 4.78 is 0. The van der Waals surface area contributed by atoms with Crippen molar-refractivity contribution in [3.05, 3.63) is 65.2 Å². The van der Waals surface area contributed by atoms with Gasteiger partial charge < -0.3 is 16.0 Å². The van der Waals surface area contributed by atoms with Crippen LogP contribution in [0.5, 0.6) is 0 Å². The maximum atomic E-state index is 13.1. The number of carbonyl (C=O) groups excluding carboxylic acids is 2. The van der Waals surface area contributed by atoms with E-state index in [-0.39, 0.29) is 23.2 Å². The van der Waals surface area contributed by atoms with Crippen molar-refractivity contribution in [1.29, 1.82) is 5.26 Å². The van der Waals surface area contributed by atoms with Crippen LogP contribution in [-0.4, -0.2) is 92.8 Å². The molecule has 3 N–H and O–H groups in total. The smallest absolute Gasteiger partial charge is 0.223 e. The van der Waals surface area contributed by atoms with E-state index < -0.39 is 5.25 Å². The Kier molecular flexibility index (Phi) is 13.3. The first-order chi connectivity index (χ1) is 23.0. The summed E-state index contributed by atoms with van der Waals surface area (Å²) in [6, 6.07) is 15.9. The van der Waals surface area contributed by atoms with Gasteiger partial charge in [-0.25, -0.2) is 9.97 Å². The first-order valence-electron chi connectivity index (χ1n) is 16.8. The van der Waals surface area contributed by atoms with Crippen molar-refractivity contribution in [2.75, 3.05) is 50.3 Å². The maximum Gasteiger partial charge on any atom is 0.223 e. The molecule has 4 rings (SSSR count). The molecule has 2 aromatic heterocycles. The molecular weight excluding hydrogens is 623 g/mol. The second-order valence-corrected chi connectivity index (χ2v) is 13.4. The third kappa shape index (κ3) is 9.98. The van der Waals surface area contributed by atoms with Crippen molar-refractivity contribution in [3.63, 3.8) is 0 Å². The molecule has 0 radical (unpaired) electrons. The lowest BCUT2D eigenvalue weighted by Gasteiger charge is -2.35. The largest absolute Gasteiger partial charge is 0.382 e. The minimum absolute atomic E-state index is 0.0493. The van der Waals surface area contributed by atoms with Crippen molar-refractivity contribution in [2.24, 2.45) is 0 Å². The molecule has 2 amide bonds. The summed E-state index contributed by atoms with van der Waals surface area (Å²) in [6.45, 7) is 16.0. The Morgan fingerprint density at radius 1 is 1.00 bits per heavy atom. The van der Waals surface area contributed by atoms with Gasteiger partial charge in [-0.1, -0.05) is 18.2 Å². The van der Waals surface area contributed by atoms with E-state index in [0.29, 0.717) is 53.4 Å². The molecule has 12 heteroatoms.